The molecule has 1 aliphatic rings. The van der Waals surface area contributed by atoms with Crippen LogP contribution in [-0.4, -0.2) is 37.5 Å². The zero-order valence-corrected chi connectivity index (χ0v) is 13.8. The predicted octanol–water partition coefficient (Wildman–Crippen LogP) is 1.94. The van der Waals surface area contributed by atoms with Gasteiger partial charge in [0.1, 0.15) is 12.2 Å². The Morgan fingerprint density at radius 3 is 3.08 bits per heavy atom. The highest BCUT2D eigenvalue weighted by atomic mass is 16.3. The molecule has 126 valence electrons. The summed E-state index contributed by atoms with van der Waals surface area (Å²) >= 11 is 0. The van der Waals surface area contributed by atoms with E-state index in [0.717, 1.165) is 37.3 Å². The lowest BCUT2D eigenvalue weighted by molar-refractivity contribution is 0.131. The van der Waals surface area contributed by atoms with Crippen molar-refractivity contribution in [2.45, 2.75) is 31.4 Å². The Kier molecular flexibility index (Phi) is 4.08. The predicted molar refractivity (Wildman–Crippen MR) is 92.5 cm³/mol. The van der Waals surface area contributed by atoms with E-state index in [4.69, 9.17) is 0 Å². The van der Waals surface area contributed by atoms with Crippen molar-refractivity contribution in [1.82, 2.24) is 25.1 Å². The molecular weight excluding hydrogens is 302 g/mol. The van der Waals surface area contributed by atoms with Gasteiger partial charge in [0.05, 0.1) is 6.10 Å². The monoisotopic (exact) mass is 325 g/mol. The number of aromatic amines is 1. The maximum atomic E-state index is 10.4. The molecule has 0 unspecified atom stereocenters. The first-order valence-electron chi connectivity index (χ1n) is 8.49. The third-order valence-corrected chi connectivity index (χ3v) is 5.12. The molecule has 6 heteroatoms. The van der Waals surface area contributed by atoms with Crippen molar-refractivity contribution in [1.29, 1.82) is 0 Å². The lowest BCUT2D eigenvalue weighted by Gasteiger charge is -2.15. The van der Waals surface area contributed by atoms with Gasteiger partial charge in [-0.2, -0.15) is 0 Å². The van der Waals surface area contributed by atoms with Gasteiger partial charge in [0, 0.05) is 37.8 Å². The quantitative estimate of drug-likeness (QED) is 0.670. The summed E-state index contributed by atoms with van der Waals surface area (Å²) in [5.74, 6) is 1.55. The molecule has 4 rings (SSSR count). The molecule has 3 atom stereocenters. The van der Waals surface area contributed by atoms with E-state index in [1.165, 1.54) is 10.9 Å². The second-order valence-electron chi connectivity index (χ2n) is 6.83. The normalized spacial score (nSPS) is 24.0. The minimum Gasteiger partial charge on any atom is -0.393 e. The summed E-state index contributed by atoms with van der Waals surface area (Å²) in [5.41, 5.74) is 2.42. The summed E-state index contributed by atoms with van der Waals surface area (Å²) in [4.78, 5) is 3.24. The van der Waals surface area contributed by atoms with Crippen molar-refractivity contribution < 1.29 is 5.11 Å². The Balaban J connectivity index is 1.33. The van der Waals surface area contributed by atoms with E-state index in [1.807, 2.05) is 17.8 Å². The standard InChI is InChI=1S/C18H23N5O/c1-23-11-21-22-18(23)14-7-15(17(24)8-14)10-19-9-12-2-3-13-4-5-20-16(13)6-12/h2-6,11,14-15,17,19-20,24H,7-10H2,1H3/t14-,15+,17+/m0/s1. The number of nitrogens with zero attached hydrogens (tertiary/aromatic N) is 3. The topological polar surface area (TPSA) is 78.8 Å². The van der Waals surface area contributed by atoms with Crippen LogP contribution in [0.3, 0.4) is 0 Å². The molecule has 1 aromatic carbocycles. The van der Waals surface area contributed by atoms with Crippen LogP contribution in [0.1, 0.15) is 30.1 Å². The van der Waals surface area contributed by atoms with E-state index in [1.54, 1.807) is 6.33 Å². The van der Waals surface area contributed by atoms with Gasteiger partial charge in [-0.25, -0.2) is 0 Å². The van der Waals surface area contributed by atoms with Crippen molar-refractivity contribution in [3.8, 4) is 0 Å². The smallest absolute Gasteiger partial charge is 0.135 e. The van der Waals surface area contributed by atoms with Crippen LogP contribution in [0.2, 0.25) is 0 Å². The molecule has 6 nitrogen and oxygen atoms in total. The number of hydrogen-bond donors (Lipinski definition) is 3. The number of aliphatic hydroxyl groups is 1. The van der Waals surface area contributed by atoms with Crippen LogP contribution >= 0.6 is 0 Å². The lowest BCUT2D eigenvalue weighted by atomic mass is 10.0. The van der Waals surface area contributed by atoms with Crippen LogP contribution in [0.5, 0.6) is 0 Å². The fraction of sp³-hybridized carbons (Fsp3) is 0.444. The SMILES string of the molecule is Cn1cnnc1[C@H]1C[C@H](CNCc2ccc3cc[nH]c3c2)[C@H](O)C1. The van der Waals surface area contributed by atoms with Crippen LogP contribution < -0.4 is 5.32 Å². The molecule has 0 saturated heterocycles. The number of hydrogen-bond acceptors (Lipinski definition) is 4. The van der Waals surface area contributed by atoms with E-state index in [2.05, 4.69) is 44.8 Å². The first-order valence-corrected chi connectivity index (χ1v) is 8.49. The summed E-state index contributed by atoms with van der Waals surface area (Å²) in [6, 6.07) is 8.54. The number of aryl methyl sites for hydroxylation is 1. The average molecular weight is 325 g/mol. The molecule has 1 fully saturated rings. The third-order valence-electron chi connectivity index (χ3n) is 5.12. The second kappa shape index (κ2) is 6.37. The fourth-order valence-corrected chi connectivity index (χ4v) is 3.80. The van der Waals surface area contributed by atoms with Crippen molar-refractivity contribution >= 4 is 10.9 Å². The second-order valence-corrected chi connectivity index (χ2v) is 6.83. The van der Waals surface area contributed by atoms with E-state index < -0.39 is 0 Å². The summed E-state index contributed by atoms with van der Waals surface area (Å²) in [7, 11) is 1.96. The first kappa shape index (κ1) is 15.4. The molecule has 24 heavy (non-hydrogen) atoms. The number of aliphatic hydroxyl groups excluding tert-OH is 1. The maximum Gasteiger partial charge on any atom is 0.135 e. The number of benzene rings is 1. The molecule has 0 bridgehead atoms. The highest BCUT2D eigenvalue weighted by Crippen LogP contribution is 2.37. The number of nitrogens with one attached hydrogen (secondary N) is 2. The molecule has 0 radical (unpaired) electrons. The molecule has 0 spiro atoms. The Morgan fingerprint density at radius 2 is 2.25 bits per heavy atom. The third kappa shape index (κ3) is 2.95. The van der Waals surface area contributed by atoms with Crippen LogP contribution in [0.15, 0.2) is 36.8 Å². The van der Waals surface area contributed by atoms with Gasteiger partial charge in [-0.05, 0) is 41.8 Å². The molecule has 3 N–H and O–H groups in total. The Labute approximate surface area is 140 Å². The molecule has 0 amide bonds. The Morgan fingerprint density at radius 1 is 1.33 bits per heavy atom. The van der Waals surface area contributed by atoms with Gasteiger partial charge in [-0.1, -0.05) is 12.1 Å². The highest BCUT2D eigenvalue weighted by Gasteiger charge is 2.35. The average Bonchev–Trinajstić information content (AvgIpc) is 3.27. The van der Waals surface area contributed by atoms with Crippen LogP contribution in [0.4, 0.5) is 0 Å². The summed E-state index contributed by atoms with van der Waals surface area (Å²) in [5, 5.41) is 23.2. The van der Waals surface area contributed by atoms with Crippen LogP contribution in [-0.2, 0) is 13.6 Å². The van der Waals surface area contributed by atoms with Crippen LogP contribution in [0.25, 0.3) is 10.9 Å². The van der Waals surface area contributed by atoms with E-state index >= 15 is 0 Å². The molecule has 2 aromatic heterocycles. The number of aromatic nitrogens is 4. The molecule has 3 aromatic rings. The van der Waals surface area contributed by atoms with Crippen LogP contribution in [0, 0.1) is 5.92 Å². The van der Waals surface area contributed by atoms with Gasteiger partial charge in [-0.3, -0.25) is 0 Å². The summed E-state index contributed by atoms with van der Waals surface area (Å²) in [6.07, 6.45) is 5.14. The highest BCUT2D eigenvalue weighted by molar-refractivity contribution is 5.79. The lowest BCUT2D eigenvalue weighted by Crippen LogP contribution is -2.27. The van der Waals surface area contributed by atoms with E-state index in [9.17, 15) is 5.11 Å². The Bertz CT molecular complexity index is 824. The van der Waals surface area contributed by atoms with Gasteiger partial charge >= 0.3 is 0 Å². The van der Waals surface area contributed by atoms with Crippen molar-refractivity contribution in [3.05, 3.63) is 48.2 Å². The number of H-pyrrole nitrogens is 1. The van der Waals surface area contributed by atoms with E-state index in [-0.39, 0.29) is 12.0 Å². The molecule has 2 heterocycles. The molecular formula is C18H23N5O. The van der Waals surface area contributed by atoms with Gasteiger partial charge in [0.25, 0.3) is 0 Å². The Hall–Kier alpha value is -2.18. The zero-order chi connectivity index (χ0) is 16.5. The minimum atomic E-state index is -0.273. The number of fused-ring (bicyclic) bond motifs is 1. The summed E-state index contributed by atoms with van der Waals surface area (Å²) in [6.45, 7) is 1.63. The molecule has 1 saturated carbocycles. The molecule has 1 aliphatic carbocycles. The fourth-order valence-electron chi connectivity index (χ4n) is 3.80. The van der Waals surface area contributed by atoms with Crippen molar-refractivity contribution in [2.24, 2.45) is 13.0 Å². The minimum absolute atomic E-state index is 0.265. The van der Waals surface area contributed by atoms with Crippen molar-refractivity contribution in [2.75, 3.05) is 6.54 Å². The largest absolute Gasteiger partial charge is 0.393 e. The number of rotatable bonds is 5. The maximum absolute atomic E-state index is 10.4. The van der Waals surface area contributed by atoms with Crippen molar-refractivity contribution in [3.63, 3.8) is 0 Å². The first-order chi connectivity index (χ1) is 11.7. The molecule has 0 aliphatic heterocycles. The van der Waals surface area contributed by atoms with Gasteiger partial charge in [-0.15, -0.1) is 10.2 Å². The van der Waals surface area contributed by atoms with E-state index in [0.29, 0.717) is 5.92 Å². The van der Waals surface area contributed by atoms with Gasteiger partial charge in [0.15, 0.2) is 0 Å². The zero-order valence-electron chi connectivity index (χ0n) is 13.8. The van der Waals surface area contributed by atoms with Gasteiger partial charge < -0.3 is 20.0 Å². The van der Waals surface area contributed by atoms with Gasteiger partial charge in [0.2, 0.25) is 0 Å². The summed E-state index contributed by atoms with van der Waals surface area (Å²) < 4.78 is 1.96.